The summed E-state index contributed by atoms with van der Waals surface area (Å²) in [6, 6.07) is 0. The van der Waals surface area contributed by atoms with E-state index in [-0.39, 0.29) is 19.3 Å². The van der Waals surface area contributed by atoms with Gasteiger partial charge in [-0.15, -0.1) is 0 Å². The van der Waals surface area contributed by atoms with Crippen molar-refractivity contribution in [2.75, 3.05) is 6.61 Å². The summed E-state index contributed by atoms with van der Waals surface area (Å²) in [5.74, 6) is -2.45. The number of hydrogen-bond donors (Lipinski definition) is 3. The first-order valence-corrected chi connectivity index (χ1v) is 28.1. The SMILES string of the molecule is CCCCCCCCC=CCCCCCCCC(=O)C(O)(C(=O)CCCCCCCCCCCCCCCCC)C(O)(CO)C(=O)CCCCCCCCCCCCCCCCC. The molecule has 0 aliphatic carbocycles. The molecule has 6 heteroatoms. The lowest BCUT2D eigenvalue weighted by Gasteiger charge is -2.39. The molecular formula is C57H108O6. The normalized spacial score (nSPS) is 13.7. The zero-order valence-electron chi connectivity index (χ0n) is 42.5. The molecule has 0 radical (unpaired) electrons. The van der Waals surface area contributed by atoms with Gasteiger partial charge in [0.05, 0.1) is 6.61 Å². The van der Waals surface area contributed by atoms with Crippen LogP contribution in [-0.4, -0.2) is 50.5 Å². The zero-order chi connectivity index (χ0) is 46.4. The molecule has 0 amide bonds. The fourth-order valence-corrected chi connectivity index (χ4v) is 9.26. The molecule has 0 aromatic heterocycles. The lowest BCUT2D eigenvalue weighted by atomic mass is 9.71. The van der Waals surface area contributed by atoms with E-state index in [1.807, 2.05) is 0 Å². The highest BCUT2D eigenvalue weighted by atomic mass is 16.4. The van der Waals surface area contributed by atoms with Crippen molar-refractivity contribution < 1.29 is 29.7 Å². The molecule has 0 spiro atoms. The van der Waals surface area contributed by atoms with Gasteiger partial charge in [0.25, 0.3) is 0 Å². The molecule has 0 rings (SSSR count). The minimum Gasteiger partial charge on any atom is -0.393 e. The second-order valence-corrected chi connectivity index (χ2v) is 19.7. The summed E-state index contributed by atoms with van der Waals surface area (Å²) in [5.41, 5.74) is -5.75. The average molecular weight is 889 g/mol. The van der Waals surface area contributed by atoms with Crippen molar-refractivity contribution in [3.05, 3.63) is 12.2 Å². The molecular weight excluding hydrogens is 781 g/mol. The number of aliphatic hydroxyl groups is 3. The van der Waals surface area contributed by atoms with E-state index in [4.69, 9.17) is 0 Å². The van der Waals surface area contributed by atoms with Gasteiger partial charge in [0, 0.05) is 19.3 Å². The fraction of sp³-hybridized carbons (Fsp3) is 0.912. The Morgan fingerprint density at radius 2 is 0.524 bits per heavy atom. The van der Waals surface area contributed by atoms with Crippen LogP contribution in [0.3, 0.4) is 0 Å². The topological polar surface area (TPSA) is 112 Å². The molecule has 0 aliphatic heterocycles. The van der Waals surface area contributed by atoms with Crippen LogP contribution in [0.15, 0.2) is 12.2 Å². The second kappa shape index (κ2) is 45.8. The van der Waals surface area contributed by atoms with E-state index in [9.17, 15) is 29.7 Å². The molecule has 2 atom stereocenters. The molecule has 3 N–H and O–H groups in total. The summed E-state index contributed by atoms with van der Waals surface area (Å²) in [7, 11) is 0. The third-order valence-electron chi connectivity index (χ3n) is 13.8. The number of carbonyl (C=O) groups excluding carboxylic acids is 3. The highest BCUT2D eigenvalue weighted by molar-refractivity contribution is 6.16. The van der Waals surface area contributed by atoms with Gasteiger partial charge >= 0.3 is 0 Å². The Balaban J connectivity index is 4.90. The van der Waals surface area contributed by atoms with Gasteiger partial charge in [0.15, 0.2) is 23.0 Å². The summed E-state index contributed by atoms with van der Waals surface area (Å²) in [6.07, 6.45) is 54.2. The van der Waals surface area contributed by atoms with Crippen molar-refractivity contribution in [3.8, 4) is 0 Å². The van der Waals surface area contributed by atoms with Crippen molar-refractivity contribution in [1.82, 2.24) is 0 Å². The maximum absolute atomic E-state index is 13.8. The predicted molar refractivity (Wildman–Crippen MR) is 271 cm³/mol. The minimum absolute atomic E-state index is 0.0788. The fourth-order valence-electron chi connectivity index (χ4n) is 9.26. The van der Waals surface area contributed by atoms with Gasteiger partial charge < -0.3 is 15.3 Å². The van der Waals surface area contributed by atoms with Crippen molar-refractivity contribution in [2.24, 2.45) is 0 Å². The minimum atomic E-state index is -2.93. The van der Waals surface area contributed by atoms with Gasteiger partial charge in [-0.05, 0) is 44.9 Å². The van der Waals surface area contributed by atoms with Crippen LogP contribution in [0.5, 0.6) is 0 Å². The number of ketones is 3. The molecule has 0 saturated carbocycles. The van der Waals surface area contributed by atoms with Crippen molar-refractivity contribution in [3.63, 3.8) is 0 Å². The summed E-state index contributed by atoms with van der Waals surface area (Å²) in [6.45, 7) is 5.61. The molecule has 2 unspecified atom stereocenters. The van der Waals surface area contributed by atoms with Crippen LogP contribution in [0.4, 0.5) is 0 Å². The molecule has 0 fully saturated rings. The molecule has 0 bridgehead atoms. The maximum atomic E-state index is 13.8. The predicted octanol–water partition coefficient (Wildman–Crippen LogP) is 16.7. The van der Waals surface area contributed by atoms with Crippen LogP contribution in [-0.2, 0) is 14.4 Å². The van der Waals surface area contributed by atoms with Gasteiger partial charge in [-0.1, -0.05) is 264 Å². The third kappa shape index (κ3) is 32.9. The van der Waals surface area contributed by atoms with Crippen LogP contribution in [0.1, 0.15) is 316 Å². The van der Waals surface area contributed by atoms with Crippen LogP contribution < -0.4 is 0 Å². The molecule has 0 heterocycles. The number of carbonyl (C=O) groups is 3. The second-order valence-electron chi connectivity index (χ2n) is 19.7. The summed E-state index contributed by atoms with van der Waals surface area (Å²) >= 11 is 0. The molecule has 0 saturated heterocycles. The van der Waals surface area contributed by atoms with Crippen molar-refractivity contribution >= 4 is 17.3 Å². The molecule has 6 nitrogen and oxygen atoms in total. The Bertz CT molecular complexity index is 1060. The van der Waals surface area contributed by atoms with Gasteiger partial charge in [-0.3, -0.25) is 14.4 Å². The van der Waals surface area contributed by atoms with Gasteiger partial charge in [0.2, 0.25) is 5.60 Å². The molecule has 63 heavy (non-hydrogen) atoms. The summed E-state index contributed by atoms with van der Waals surface area (Å²) in [5, 5.41) is 34.2. The van der Waals surface area contributed by atoms with E-state index in [1.165, 1.54) is 180 Å². The first kappa shape index (κ1) is 61.6. The van der Waals surface area contributed by atoms with Crippen molar-refractivity contribution in [2.45, 2.75) is 327 Å². The van der Waals surface area contributed by atoms with E-state index >= 15 is 0 Å². The molecule has 372 valence electrons. The highest BCUT2D eigenvalue weighted by Crippen LogP contribution is 2.32. The van der Waals surface area contributed by atoms with Crippen LogP contribution in [0.2, 0.25) is 0 Å². The highest BCUT2D eigenvalue weighted by Gasteiger charge is 2.62. The molecule has 0 aromatic rings. The van der Waals surface area contributed by atoms with E-state index in [1.54, 1.807) is 0 Å². The van der Waals surface area contributed by atoms with E-state index in [0.717, 1.165) is 77.0 Å². The Morgan fingerprint density at radius 1 is 0.317 bits per heavy atom. The van der Waals surface area contributed by atoms with Crippen LogP contribution >= 0.6 is 0 Å². The van der Waals surface area contributed by atoms with Crippen LogP contribution in [0.25, 0.3) is 0 Å². The smallest absolute Gasteiger partial charge is 0.219 e. The number of Topliss-reactive ketones (excluding diaryl/α,β-unsaturated/α-hetero) is 3. The van der Waals surface area contributed by atoms with Crippen molar-refractivity contribution in [1.29, 1.82) is 0 Å². The first-order chi connectivity index (χ1) is 30.8. The maximum Gasteiger partial charge on any atom is 0.219 e. The Kier molecular flexibility index (Phi) is 44.8. The number of allylic oxidation sites excluding steroid dienone is 2. The molecule has 0 aromatic carbocycles. The lowest BCUT2D eigenvalue weighted by Crippen LogP contribution is -2.69. The summed E-state index contributed by atoms with van der Waals surface area (Å²) in [4.78, 5) is 41.3. The van der Waals surface area contributed by atoms with Gasteiger partial charge in [-0.2, -0.15) is 0 Å². The van der Waals surface area contributed by atoms with E-state index < -0.39 is 35.2 Å². The first-order valence-electron chi connectivity index (χ1n) is 28.1. The Hall–Kier alpha value is -1.37. The lowest BCUT2D eigenvalue weighted by molar-refractivity contribution is -0.194. The summed E-state index contributed by atoms with van der Waals surface area (Å²) < 4.78 is 0. The average Bonchev–Trinajstić information content (AvgIpc) is 3.29. The monoisotopic (exact) mass is 889 g/mol. The standard InChI is InChI=1S/C57H108O6/c1-4-7-10-13-16-19-22-25-28-31-34-37-40-43-46-49-53(59)56(62,52-58)57(63,54(60)50-47-44-41-38-35-32-29-26-23-20-17-14-11-8-5-2)55(61)51-48-45-42-39-36-33-30-27-24-21-18-15-12-9-6-3/h26,29,58,62-63H,4-25,27-28,30-52H2,1-3H3. The van der Waals surface area contributed by atoms with Gasteiger partial charge in [0.1, 0.15) is 0 Å². The van der Waals surface area contributed by atoms with Gasteiger partial charge in [-0.25, -0.2) is 0 Å². The largest absolute Gasteiger partial charge is 0.393 e. The number of hydrogen-bond acceptors (Lipinski definition) is 6. The number of aliphatic hydroxyl groups excluding tert-OH is 1. The van der Waals surface area contributed by atoms with E-state index in [2.05, 4.69) is 32.9 Å². The van der Waals surface area contributed by atoms with E-state index in [0.29, 0.717) is 19.3 Å². The number of unbranched alkanes of at least 4 members (excludes halogenated alkanes) is 39. The Morgan fingerprint density at radius 3 is 0.762 bits per heavy atom. The molecule has 0 aliphatic rings. The quantitative estimate of drug-likeness (QED) is 0.0319. The van der Waals surface area contributed by atoms with Crippen LogP contribution in [0, 0.1) is 0 Å². The zero-order valence-corrected chi connectivity index (χ0v) is 42.5. The Labute approximate surface area is 391 Å². The number of rotatable bonds is 52. The third-order valence-corrected chi connectivity index (χ3v) is 13.8.